The second-order valence-corrected chi connectivity index (χ2v) is 8.83. The Kier molecular flexibility index (Phi) is 5.39. The van der Waals surface area contributed by atoms with Crippen molar-refractivity contribution < 1.29 is 4.79 Å². The standard InChI is InChI=1S/C23H25N5OS/c1-14(2)28-17(5)12-20(26-28)22(29)27(13-18-8-6-7-9-24-18)23-25-19-11-15(3)10-16(4)21(19)30-23/h6-12,14H,13H2,1-5H3. The first-order valence-electron chi connectivity index (χ1n) is 9.99. The Morgan fingerprint density at radius 2 is 1.97 bits per heavy atom. The molecule has 1 aromatic carbocycles. The first-order chi connectivity index (χ1) is 14.3. The van der Waals surface area contributed by atoms with E-state index in [2.05, 4.69) is 49.9 Å². The minimum absolute atomic E-state index is 0.170. The molecule has 0 bridgehead atoms. The van der Waals surface area contributed by atoms with Crippen molar-refractivity contribution in [1.82, 2.24) is 19.7 Å². The van der Waals surface area contributed by atoms with Crippen molar-refractivity contribution in [3.05, 3.63) is 70.8 Å². The zero-order valence-electron chi connectivity index (χ0n) is 17.9. The van der Waals surface area contributed by atoms with E-state index in [-0.39, 0.29) is 11.9 Å². The maximum absolute atomic E-state index is 13.6. The zero-order chi connectivity index (χ0) is 21.4. The van der Waals surface area contributed by atoms with Gasteiger partial charge in [-0.25, -0.2) is 4.98 Å². The van der Waals surface area contributed by atoms with Crippen molar-refractivity contribution in [2.45, 2.75) is 47.2 Å². The minimum atomic E-state index is -0.170. The third kappa shape index (κ3) is 3.85. The minimum Gasteiger partial charge on any atom is -0.276 e. The molecule has 154 valence electrons. The number of pyridine rings is 1. The highest BCUT2D eigenvalue weighted by Gasteiger charge is 2.25. The number of aromatic nitrogens is 4. The molecule has 0 N–H and O–H groups in total. The van der Waals surface area contributed by atoms with Crippen LogP contribution < -0.4 is 4.90 Å². The number of hydrogen-bond donors (Lipinski definition) is 0. The second kappa shape index (κ2) is 7.99. The van der Waals surface area contributed by atoms with E-state index in [9.17, 15) is 4.79 Å². The van der Waals surface area contributed by atoms with E-state index >= 15 is 0 Å². The molecule has 4 rings (SSSR count). The molecule has 4 aromatic rings. The summed E-state index contributed by atoms with van der Waals surface area (Å²) in [7, 11) is 0. The number of aryl methyl sites for hydroxylation is 3. The van der Waals surface area contributed by atoms with Crippen molar-refractivity contribution in [1.29, 1.82) is 0 Å². The summed E-state index contributed by atoms with van der Waals surface area (Å²) in [6.07, 6.45) is 1.74. The molecule has 0 aliphatic rings. The van der Waals surface area contributed by atoms with Gasteiger partial charge in [-0.15, -0.1) is 0 Å². The number of benzene rings is 1. The Labute approximate surface area is 180 Å². The van der Waals surface area contributed by atoms with Gasteiger partial charge in [0.1, 0.15) is 0 Å². The summed E-state index contributed by atoms with van der Waals surface area (Å²) in [5, 5.41) is 5.22. The molecule has 7 heteroatoms. The molecule has 0 saturated carbocycles. The van der Waals surface area contributed by atoms with Gasteiger partial charge in [0, 0.05) is 17.9 Å². The summed E-state index contributed by atoms with van der Waals surface area (Å²) in [4.78, 5) is 24.5. The Hall–Kier alpha value is -3.06. The van der Waals surface area contributed by atoms with Crippen molar-refractivity contribution >= 4 is 32.6 Å². The number of carbonyl (C=O) groups excluding carboxylic acids is 1. The molecule has 6 nitrogen and oxygen atoms in total. The van der Waals surface area contributed by atoms with Crippen molar-refractivity contribution in [2.24, 2.45) is 0 Å². The summed E-state index contributed by atoms with van der Waals surface area (Å²) in [6.45, 7) is 10.6. The third-order valence-corrected chi connectivity index (χ3v) is 6.19. The fraction of sp³-hybridized carbons (Fsp3) is 0.304. The molecule has 30 heavy (non-hydrogen) atoms. The van der Waals surface area contributed by atoms with Crippen molar-refractivity contribution in [3.63, 3.8) is 0 Å². The Balaban J connectivity index is 1.79. The molecular weight excluding hydrogens is 394 g/mol. The van der Waals surface area contributed by atoms with E-state index in [1.807, 2.05) is 35.9 Å². The second-order valence-electron chi connectivity index (χ2n) is 7.85. The lowest BCUT2D eigenvalue weighted by Crippen LogP contribution is -2.31. The number of rotatable bonds is 5. The van der Waals surface area contributed by atoms with Gasteiger partial charge in [-0.05, 0) is 70.0 Å². The predicted molar refractivity (Wildman–Crippen MR) is 121 cm³/mol. The van der Waals surface area contributed by atoms with Gasteiger partial charge in [0.05, 0.1) is 22.5 Å². The van der Waals surface area contributed by atoms with Gasteiger partial charge in [0.2, 0.25) is 0 Å². The molecule has 0 saturated heterocycles. The third-order valence-electron chi connectivity index (χ3n) is 4.96. The number of anilines is 1. The molecule has 3 aromatic heterocycles. The van der Waals surface area contributed by atoms with Crippen LogP contribution >= 0.6 is 11.3 Å². The van der Waals surface area contributed by atoms with E-state index in [4.69, 9.17) is 4.98 Å². The highest BCUT2D eigenvalue weighted by Crippen LogP contribution is 2.33. The summed E-state index contributed by atoms with van der Waals surface area (Å²) >= 11 is 1.53. The van der Waals surface area contributed by atoms with Gasteiger partial charge < -0.3 is 0 Å². The van der Waals surface area contributed by atoms with Crippen LogP contribution in [0.2, 0.25) is 0 Å². The fourth-order valence-corrected chi connectivity index (χ4v) is 4.63. The maximum atomic E-state index is 13.6. The van der Waals surface area contributed by atoms with Crippen LogP contribution in [0.5, 0.6) is 0 Å². The Bertz CT molecular complexity index is 1210. The molecule has 0 radical (unpaired) electrons. The maximum Gasteiger partial charge on any atom is 0.280 e. The molecule has 0 spiro atoms. The van der Waals surface area contributed by atoms with Crippen molar-refractivity contribution in [2.75, 3.05) is 4.90 Å². The first kappa shape index (κ1) is 20.2. The van der Waals surface area contributed by atoms with Crippen LogP contribution in [0.4, 0.5) is 5.13 Å². The van der Waals surface area contributed by atoms with Gasteiger partial charge in [-0.3, -0.25) is 19.4 Å². The summed E-state index contributed by atoms with van der Waals surface area (Å²) in [5.41, 5.74) is 5.42. The van der Waals surface area contributed by atoms with Gasteiger partial charge in [0.25, 0.3) is 5.91 Å². The predicted octanol–water partition coefficient (Wildman–Crippen LogP) is 5.24. The SMILES string of the molecule is Cc1cc(C)c2sc(N(Cc3ccccn3)C(=O)c3cc(C)n(C(C)C)n3)nc2c1. The number of hydrogen-bond acceptors (Lipinski definition) is 5. The van der Waals surface area contributed by atoms with Gasteiger partial charge in [-0.2, -0.15) is 5.10 Å². The van der Waals surface area contributed by atoms with Crippen LogP contribution in [0.3, 0.4) is 0 Å². The molecule has 0 aliphatic heterocycles. The van der Waals surface area contributed by atoms with Crippen LogP contribution in [-0.2, 0) is 6.54 Å². The fourth-order valence-electron chi connectivity index (χ4n) is 3.61. The lowest BCUT2D eigenvalue weighted by Gasteiger charge is -2.18. The average molecular weight is 420 g/mol. The average Bonchev–Trinajstić information content (AvgIpc) is 3.30. The van der Waals surface area contributed by atoms with Crippen LogP contribution in [0, 0.1) is 20.8 Å². The summed E-state index contributed by atoms with van der Waals surface area (Å²) in [5.74, 6) is -0.170. The highest BCUT2D eigenvalue weighted by molar-refractivity contribution is 7.22. The molecule has 3 heterocycles. The van der Waals surface area contributed by atoms with Gasteiger partial charge >= 0.3 is 0 Å². The van der Waals surface area contributed by atoms with E-state index in [1.165, 1.54) is 16.9 Å². The van der Waals surface area contributed by atoms with E-state index in [1.54, 1.807) is 11.1 Å². The molecule has 0 fully saturated rings. The number of carbonyl (C=O) groups is 1. The number of nitrogens with zero attached hydrogens (tertiary/aromatic N) is 5. The van der Waals surface area contributed by atoms with Crippen LogP contribution in [-0.4, -0.2) is 25.7 Å². The first-order valence-corrected chi connectivity index (χ1v) is 10.8. The molecule has 1 amide bonds. The largest absolute Gasteiger partial charge is 0.280 e. The monoisotopic (exact) mass is 419 g/mol. The number of thiazole rings is 1. The summed E-state index contributed by atoms with van der Waals surface area (Å²) < 4.78 is 2.97. The smallest absolute Gasteiger partial charge is 0.276 e. The van der Waals surface area contributed by atoms with Crippen LogP contribution in [0.25, 0.3) is 10.2 Å². The van der Waals surface area contributed by atoms with E-state index < -0.39 is 0 Å². The highest BCUT2D eigenvalue weighted by atomic mass is 32.1. The van der Waals surface area contributed by atoms with Crippen molar-refractivity contribution in [3.8, 4) is 0 Å². The topological polar surface area (TPSA) is 63.9 Å². The Morgan fingerprint density at radius 3 is 2.63 bits per heavy atom. The lowest BCUT2D eigenvalue weighted by atomic mass is 10.1. The normalized spacial score (nSPS) is 11.4. The molecule has 0 aliphatic carbocycles. The Morgan fingerprint density at radius 1 is 1.17 bits per heavy atom. The lowest BCUT2D eigenvalue weighted by molar-refractivity contribution is 0.0979. The molecule has 0 unspecified atom stereocenters. The van der Waals surface area contributed by atoms with Crippen LogP contribution in [0.15, 0.2) is 42.6 Å². The van der Waals surface area contributed by atoms with Gasteiger partial charge in [-0.1, -0.05) is 23.5 Å². The van der Waals surface area contributed by atoms with E-state index in [0.717, 1.165) is 27.2 Å². The van der Waals surface area contributed by atoms with Crippen LogP contribution in [0.1, 0.15) is 52.9 Å². The summed E-state index contributed by atoms with van der Waals surface area (Å²) in [6, 6.07) is 11.9. The number of amides is 1. The molecular formula is C23H25N5OS. The number of fused-ring (bicyclic) bond motifs is 1. The van der Waals surface area contributed by atoms with E-state index in [0.29, 0.717) is 17.4 Å². The van der Waals surface area contributed by atoms with Gasteiger partial charge in [0.15, 0.2) is 10.8 Å². The molecule has 0 atom stereocenters. The zero-order valence-corrected chi connectivity index (χ0v) is 18.7. The quantitative estimate of drug-likeness (QED) is 0.444.